The molecular weight excluding hydrogens is 300 g/mol. The van der Waals surface area contributed by atoms with Crippen LogP contribution in [0.5, 0.6) is 0 Å². The SMILES string of the molecule is Cc1cc(NC(=O)CSC(C)CN)ccc1Br. The molecule has 5 heteroatoms. The van der Waals surface area contributed by atoms with Crippen LogP contribution in [0.25, 0.3) is 0 Å². The summed E-state index contributed by atoms with van der Waals surface area (Å²) in [4.78, 5) is 11.6. The normalized spacial score (nSPS) is 12.2. The Labute approximate surface area is 115 Å². The Morgan fingerprint density at radius 2 is 2.29 bits per heavy atom. The molecule has 0 aromatic heterocycles. The lowest BCUT2D eigenvalue weighted by molar-refractivity contribution is -0.113. The molecule has 0 heterocycles. The molecule has 1 rings (SSSR count). The molecule has 0 spiro atoms. The van der Waals surface area contributed by atoms with E-state index in [9.17, 15) is 4.79 Å². The summed E-state index contributed by atoms with van der Waals surface area (Å²) in [7, 11) is 0. The first-order chi connectivity index (χ1) is 8.02. The number of halogens is 1. The van der Waals surface area contributed by atoms with Crippen molar-refractivity contribution in [1.29, 1.82) is 0 Å². The summed E-state index contributed by atoms with van der Waals surface area (Å²) in [5, 5.41) is 3.18. The van der Waals surface area contributed by atoms with Gasteiger partial charge in [0.2, 0.25) is 5.91 Å². The Balaban J connectivity index is 2.48. The quantitative estimate of drug-likeness (QED) is 0.878. The lowest BCUT2D eigenvalue weighted by Gasteiger charge is -2.09. The fraction of sp³-hybridized carbons (Fsp3) is 0.417. The predicted molar refractivity (Wildman–Crippen MR) is 78.5 cm³/mol. The Hall–Kier alpha value is -0.520. The minimum Gasteiger partial charge on any atom is -0.329 e. The summed E-state index contributed by atoms with van der Waals surface area (Å²) in [5.74, 6) is 0.449. The third-order valence-corrected chi connectivity index (χ3v) is 4.35. The topological polar surface area (TPSA) is 55.1 Å². The van der Waals surface area contributed by atoms with Crippen LogP contribution in [0.3, 0.4) is 0 Å². The lowest BCUT2D eigenvalue weighted by Crippen LogP contribution is -2.19. The maximum absolute atomic E-state index is 11.6. The van der Waals surface area contributed by atoms with Crippen molar-refractivity contribution in [2.24, 2.45) is 5.73 Å². The third-order valence-electron chi connectivity index (χ3n) is 2.27. The van der Waals surface area contributed by atoms with Gasteiger partial charge in [0.25, 0.3) is 0 Å². The van der Waals surface area contributed by atoms with Crippen molar-refractivity contribution < 1.29 is 4.79 Å². The van der Waals surface area contributed by atoms with Gasteiger partial charge in [0, 0.05) is 22.0 Å². The molecule has 0 radical (unpaired) electrons. The van der Waals surface area contributed by atoms with Gasteiger partial charge in [-0.25, -0.2) is 0 Å². The fourth-order valence-electron chi connectivity index (χ4n) is 1.21. The molecule has 0 aliphatic carbocycles. The maximum atomic E-state index is 11.6. The largest absolute Gasteiger partial charge is 0.329 e. The second kappa shape index (κ2) is 7.03. The Kier molecular flexibility index (Phi) is 6.02. The van der Waals surface area contributed by atoms with Crippen LogP contribution in [-0.2, 0) is 4.79 Å². The highest BCUT2D eigenvalue weighted by molar-refractivity contribution is 9.10. The number of anilines is 1. The monoisotopic (exact) mass is 316 g/mol. The van der Waals surface area contributed by atoms with E-state index in [1.807, 2.05) is 32.0 Å². The molecule has 17 heavy (non-hydrogen) atoms. The second-order valence-corrected chi connectivity index (χ2v) is 6.15. The van der Waals surface area contributed by atoms with Crippen LogP contribution in [0.2, 0.25) is 0 Å². The minimum absolute atomic E-state index is 0.0111. The predicted octanol–water partition coefficient (Wildman–Crippen LogP) is 2.78. The van der Waals surface area contributed by atoms with Gasteiger partial charge < -0.3 is 11.1 Å². The van der Waals surface area contributed by atoms with E-state index in [2.05, 4.69) is 21.2 Å². The Morgan fingerprint density at radius 1 is 1.59 bits per heavy atom. The highest BCUT2D eigenvalue weighted by Crippen LogP contribution is 2.20. The van der Waals surface area contributed by atoms with E-state index in [4.69, 9.17) is 5.73 Å². The molecule has 0 bridgehead atoms. The van der Waals surface area contributed by atoms with Crippen molar-refractivity contribution in [3.63, 3.8) is 0 Å². The minimum atomic E-state index is 0.0111. The molecule has 94 valence electrons. The zero-order chi connectivity index (χ0) is 12.8. The number of aryl methyl sites for hydroxylation is 1. The summed E-state index contributed by atoms with van der Waals surface area (Å²) in [5.41, 5.74) is 7.42. The number of rotatable bonds is 5. The van der Waals surface area contributed by atoms with E-state index < -0.39 is 0 Å². The molecule has 1 aromatic rings. The molecule has 3 nitrogen and oxygen atoms in total. The number of amides is 1. The highest BCUT2D eigenvalue weighted by atomic mass is 79.9. The average molecular weight is 317 g/mol. The summed E-state index contributed by atoms with van der Waals surface area (Å²) in [6.45, 7) is 4.60. The average Bonchev–Trinajstić information content (AvgIpc) is 2.31. The van der Waals surface area contributed by atoms with Crippen molar-refractivity contribution >= 4 is 39.3 Å². The van der Waals surface area contributed by atoms with Crippen molar-refractivity contribution in [3.8, 4) is 0 Å². The van der Waals surface area contributed by atoms with Crippen LogP contribution < -0.4 is 11.1 Å². The van der Waals surface area contributed by atoms with Gasteiger partial charge >= 0.3 is 0 Å². The van der Waals surface area contributed by atoms with Crippen molar-refractivity contribution in [3.05, 3.63) is 28.2 Å². The van der Waals surface area contributed by atoms with Gasteiger partial charge in [-0.1, -0.05) is 22.9 Å². The van der Waals surface area contributed by atoms with E-state index in [0.717, 1.165) is 15.7 Å². The molecule has 3 N–H and O–H groups in total. The van der Waals surface area contributed by atoms with E-state index in [0.29, 0.717) is 17.5 Å². The number of nitrogens with two attached hydrogens (primary N) is 1. The smallest absolute Gasteiger partial charge is 0.234 e. The number of carbonyl (C=O) groups is 1. The molecular formula is C12H17BrN2OS. The number of nitrogens with one attached hydrogen (secondary N) is 1. The lowest BCUT2D eigenvalue weighted by atomic mass is 10.2. The van der Waals surface area contributed by atoms with E-state index in [1.165, 1.54) is 0 Å². The van der Waals surface area contributed by atoms with Gasteiger partial charge in [0.15, 0.2) is 0 Å². The summed E-state index contributed by atoms with van der Waals surface area (Å²) < 4.78 is 1.04. The zero-order valence-corrected chi connectivity index (χ0v) is 12.4. The zero-order valence-electron chi connectivity index (χ0n) is 10.00. The molecule has 1 unspecified atom stereocenters. The molecule has 0 aliphatic rings. The highest BCUT2D eigenvalue weighted by Gasteiger charge is 2.06. The first-order valence-corrected chi connectivity index (χ1v) is 7.24. The summed E-state index contributed by atoms with van der Waals surface area (Å²) in [6, 6.07) is 5.76. The van der Waals surface area contributed by atoms with Crippen molar-refractivity contribution in [2.75, 3.05) is 17.6 Å². The first kappa shape index (κ1) is 14.5. The van der Waals surface area contributed by atoms with Gasteiger partial charge in [-0.3, -0.25) is 4.79 Å². The van der Waals surface area contributed by atoms with Gasteiger partial charge in [-0.2, -0.15) is 0 Å². The Bertz CT molecular complexity index is 398. The second-order valence-electron chi connectivity index (χ2n) is 3.87. The first-order valence-electron chi connectivity index (χ1n) is 5.40. The number of benzene rings is 1. The summed E-state index contributed by atoms with van der Waals surface area (Å²) in [6.07, 6.45) is 0. The van der Waals surface area contributed by atoms with Crippen LogP contribution in [0, 0.1) is 6.92 Å². The Morgan fingerprint density at radius 3 is 2.88 bits per heavy atom. The van der Waals surface area contributed by atoms with E-state index >= 15 is 0 Å². The molecule has 1 amide bonds. The third kappa shape index (κ3) is 5.10. The van der Waals surface area contributed by atoms with Crippen LogP contribution in [0.15, 0.2) is 22.7 Å². The molecule has 1 aromatic carbocycles. The van der Waals surface area contributed by atoms with E-state index in [-0.39, 0.29) is 5.91 Å². The molecule has 1 atom stereocenters. The number of hydrogen-bond donors (Lipinski definition) is 2. The van der Waals surface area contributed by atoms with Gasteiger partial charge in [-0.05, 0) is 30.7 Å². The number of hydrogen-bond acceptors (Lipinski definition) is 3. The molecule has 0 aliphatic heterocycles. The van der Waals surface area contributed by atoms with Gasteiger partial charge in [-0.15, -0.1) is 11.8 Å². The number of thioether (sulfide) groups is 1. The number of carbonyl (C=O) groups excluding carboxylic acids is 1. The molecule has 0 saturated carbocycles. The van der Waals surface area contributed by atoms with Crippen LogP contribution >= 0.6 is 27.7 Å². The van der Waals surface area contributed by atoms with Gasteiger partial charge in [0.05, 0.1) is 5.75 Å². The van der Waals surface area contributed by atoms with Crippen molar-refractivity contribution in [2.45, 2.75) is 19.1 Å². The molecule has 0 fully saturated rings. The summed E-state index contributed by atoms with van der Waals surface area (Å²) >= 11 is 4.99. The fourth-order valence-corrected chi connectivity index (χ4v) is 2.10. The van der Waals surface area contributed by atoms with Gasteiger partial charge in [0.1, 0.15) is 0 Å². The van der Waals surface area contributed by atoms with Crippen molar-refractivity contribution in [1.82, 2.24) is 0 Å². The van der Waals surface area contributed by atoms with Crippen LogP contribution in [0.4, 0.5) is 5.69 Å². The van der Waals surface area contributed by atoms with E-state index in [1.54, 1.807) is 11.8 Å². The maximum Gasteiger partial charge on any atom is 0.234 e. The standard InChI is InChI=1S/C12H17BrN2OS/c1-8-5-10(3-4-11(8)13)15-12(16)7-17-9(2)6-14/h3-5,9H,6-7,14H2,1-2H3,(H,15,16). The van der Waals surface area contributed by atoms with Crippen LogP contribution in [0.1, 0.15) is 12.5 Å². The molecule has 0 saturated heterocycles. The van der Waals surface area contributed by atoms with Crippen LogP contribution in [-0.4, -0.2) is 23.5 Å².